The zero-order valence-corrected chi connectivity index (χ0v) is 15.5. The number of piperidine rings is 1. The summed E-state index contributed by atoms with van der Waals surface area (Å²) in [6, 6.07) is 6.42. The standard InChI is InChI=1S/C21H27N3O/c1-15-11-19(25-3)6-5-18(15)13-24-10-4-8-21(14-24)9-7-17-12-22-16(2)23-20(17)21/h5-6,11-12H,4,7-10,13-14H2,1-3H3. The van der Waals surface area contributed by atoms with Crippen molar-refractivity contribution in [1.82, 2.24) is 14.9 Å². The summed E-state index contributed by atoms with van der Waals surface area (Å²) in [5, 5.41) is 0. The number of aromatic nitrogens is 2. The summed E-state index contributed by atoms with van der Waals surface area (Å²) >= 11 is 0. The lowest BCUT2D eigenvalue weighted by Gasteiger charge is -2.40. The molecule has 4 rings (SSSR count). The molecular weight excluding hydrogens is 310 g/mol. The van der Waals surface area contributed by atoms with Crippen molar-refractivity contribution in [2.24, 2.45) is 0 Å². The summed E-state index contributed by atoms with van der Waals surface area (Å²) < 4.78 is 5.34. The van der Waals surface area contributed by atoms with Crippen molar-refractivity contribution < 1.29 is 4.74 Å². The van der Waals surface area contributed by atoms with E-state index in [4.69, 9.17) is 9.72 Å². The van der Waals surface area contributed by atoms with Crippen LogP contribution in [-0.4, -0.2) is 35.1 Å². The molecule has 132 valence electrons. The van der Waals surface area contributed by atoms with Gasteiger partial charge in [-0.3, -0.25) is 4.90 Å². The lowest BCUT2D eigenvalue weighted by molar-refractivity contribution is 0.136. The number of fused-ring (bicyclic) bond motifs is 2. The fourth-order valence-corrected chi connectivity index (χ4v) is 4.60. The van der Waals surface area contributed by atoms with Crippen LogP contribution in [0.3, 0.4) is 0 Å². The van der Waals surface area contributed by atoms with Crippen molar-refractivity contribution in [2.45, 2.75) is 51.5 Å². The Hall–Kier alpha value is -1.94. The second-order valence-corrected chi connectivity index (χ2v) is 7.68. The summed E-state index contributed by atoms with van der Waals surface area (Å²) in [6.07, 6.45) is 6.91. The molecule has 2 aromatic rings. The topological polar surface area (TPSA) is 38.2 Å². The van der Waals surface area contributed by atoms with Crippen LogP contribution in [0, 0.1) is 13.8 Å². The van der Waals surface area contributed by atoms with E-state index in [1.54, 1.807) is 7.11 Å². The maximum absolute atomic E-state index is 5.34. The maximum atomic E-state index is 5.34. The largest absolute Gasteiger partial charge is 0.497 e. The number of hydrogen-bond acceptors (Lipinski definition) is 4. The summed E-state index contributed by atoms with van der Waals surface area (Å²) in [5.41, 5.74) is 5.64. The molecule has 0 N–H and O–H groups in total. The van der Waals surface area contributed by atoms with E-state index in [1.165, 1.54) is 48.2 Å². The quantitative estimate of drug-likeness (QED) is 0.858. The molecule has 1 aliphatic carbocycles. The fourth-order valence-electron chi connectivity index (χ4n) is 4.60. The molecule has 2 aliphatic rings. The van der Waals surface area contributed by atoms with Crippen LogP contribution in [0.1, 0.15) is 47.5 Å². The van der Waals surface area contributed by atoms with E-state index in [0.717, 1.165) is 31.1 Å². The second-order valence-electron chi connectivity index (χ2n) is 7.68. The molecule has 0 saturated carbocycles. The van der Waals surface area contributed by atoms with Gasteiger partial charge in [0.05, 0.1) is 12.8 Å². The van der Waals surface area contributed by atoms with E-state index in [1.807, 2.05) is 6.92 Å². The third-order valence-electron chi connectivity index (χ3n) is 5.96. The highest BCUT2D eigenvalue weighted by atomic mass is 16.5. The molecular formula is C21H27N3O. The SMILES string of the molecule is COc1ccc(CN2CCCC3(CCc4cnc(C)nc43)C2)c(C)c1. The number of rotatable bonds is 3. The smallest absolute Gasteiger partial charge is 0.125 e. The first-order valence-electron chi connectivity index (χ1n) is 9.28. The predicted octanol–water partition coefficient (Wildman–Crippen LogP) is 3.58. The van der Waals surface area contributed by atoms with E-state index in [-0.39, 0.29) is 5.41 Å². The highest BCUT2D eigenvalue weighted by molar-refractivity contribution is 5.36. The first-order chi connectivity index (χ1) is 12.1. The summed E-state index contributed by atoms with van der Waals surface area (Å²) in [5.74, 6) is 1.84. The Labute approximate surface area is 150 Å². The number of aryl methyl sites for hydroxylation is 3. The van der Waals surface area contributed by atoms with E-state index >= 15 is 0 Å². The van der Waals surface area contributed by atoms with Crippen molar-refractivity contribution in [1.29, 1.82) is 0 Å². The van der Waals surface area contributed by atoms with Gasteiger partial charge in [0.25, 0.3) is 0 Å². The van der Waals surface area contributed by atoms with Crippen molar-refractivity contribution in [3.05, 3.63) is 52.6 Å². The predicted molar refractivity (Wildman–Crippen MR) is 99.0 cm³/mol. The Morgan fingerprint density at radius 1 is 1.24 bits per heavy atom. The van der Waals surface area contributed by atoms with Gasteiger partial charge in [0.15, 0.2) is 0 Å². The summed E-state index contributed by atoms with van der Waals surface area (Å²) in [6.45, 7) is 7.48. The molecule has 0 amide bonds. The molecule has 1 aromatic carbocycles. The van der Waals surface area contributed by atoms with Crippen molar-refractivity contribution >= 4 is 0 Å². The van der Waals surface area contributed by atoms with Crippen molar-refractivity contribution in [3.8, 4) is 5.75 Å². The van der Waals surface area contributed by atoms with Crippen molar-refractivity contribution in [2.75, 3.05) is 20.2 Å². The number of hydrogen-bond donors (Lipinski definition) is 0. The molecule has 1 aliphatic heterocycles. The summed E-state index contributed by atoms with van der Waals surface area (Å²) in [4.78, 5) is 11.9. The molecule has 0 radical (unpaired) electrons. The Balaban J connectivity index is 1.56. The van der Waals surface area contributed by atoms with E-state index in [0.29, 0.717) is 0 Å². The molecule has 2 heterocycles. The maximum Gasteiger partial charge on any atom is 0.125 e. The first-order valence-corrected chi connectivity index (χ1v) is 9.28. The van der Waals surface area contributed by atoms with Gasteiger partial charge < -0.3 is 4.74 Å². The second kappa shape index (κ2) is 6.41. The third kappa shape index (κ3) is 3.04. The molecule has 1 unspecified atom stereocenters. The Bertz CT molecular complexity index is 785. The minimum absolute atomic E-state index is 0.238. The number of likely N-dealkylation sites (tertiary alicyclic amines) is 1. The molecule has 4 nitrogen and oxygen atoms in total. The van der Waals surface area contributed by atoms with Crippen LogP contribution < -0.4 is 4.74 Å². The number of benzene rings is 1. The monoisotopic (exact) mass is 337 g/mol. The van der Waals surface area contributed by atoms with Gasteiger partial charge in [-0.15, -0.1) is 0 Å². The van der Waals surface area contributed by atoms with Crippen LogP contribution in [0.2, 0.25) is 0 Å². The van der Waals surface area contributed by atoms with Crippen LogP contribution >= 0.6 is 0 Å². The van der Waals surface area contributed by atoms with Gasteiger partial charge in [-0.1, -0.05) is 6.07 Å². The number of methoxy groups -OCH3 is 1. The van der Waals surface area contributed by atoms with E-state index in [9.17, 15) is 0 Å². The minimum atomic E-state index is 0.238. The highest BCUT2D eigenvalue weighted by Gasteiger charge is 2.43. The van der Waals surface area contributed by atoms with Gasteiger partial charge in [-0.25, -0.2) is 9.97 Å². The van der Waals surface area contributed by atoms with Gasteiger partial charge in [-0.05, 0) is 74.9 Å². The van der Waals surface area contributed by atoms with Gasteiger partial charge in [-0.2, -0.15) is 0 Å². The van der Waals surface area contributed by atoms with Gasteiger partial charge in [0, 0.05) is 24.7 Å². The fraction of sp³-hybridized carbons (Fsp3) is 0.524. The molecule has 1 saturated heterocycles. The number of ether oxygens (including phenoxy) is 1. The van der Waals surface area contributed by atoms with Gasteiger partial charge in [0.1, 0.15) is 11.6 Å². The highest BCUT2D eigenvalue weighted by Crippen LogP contribution is 2.44. The Kier molecular flexibility index (Phi) is 4.24. The minimum Gasteiger partial charge on any atom is -0.497 e. The van der Waals surface area contributed by atoms with E-state index in [2.05, 4.69) is 41.2 Å². The molecule has 1 spiro atoms. The molecule has 1 atom stereocenters. The lowest BCUT2D eigenvalue weighted by Crippen LogP contribution is -2.45. The van der Waals surface area contributed by atoms with E-state index < -0.39 is 0 Å². The zero-order chi connectivity index (χ0) is 17.4. The molecule has 1 aromatic heterocycles. The lowest BCUT2D eigenvalue weighted by atomic mass is 9.77. The summed E-state index contributed by atoms with van der Waals surface area (Å²) in [7, 11) is 1.73. The van der Waals surface area contributed by atoms with Gasteiger partial charge >= 0.3 is 0 Å². The molecule has 0 bridgehead atoms. The average Bonchev–Trinajstić information content (AvgIpc) is 2.94. The zero-order valence-electron chi connectivity index (χ0n) is 15.5. The van der Waals surface area contributed by atoms with Crippen LogP contribution in [0.4, 0.5) is 0 Å². The molecule has 4 heteroatoms. The van der Waals surface area contributed by atoms with Crippen LogP contribution in [0.5, 0.6) is 5.75 Å². The normalized spacial score (nSPS) is 23.0. The molecule has 25 heavy (non-hydrogen) atoms. The first kappa shape index (κ1) is 16.5. The van der Waals surface area contributed by atoms with Crippen molar-refractivity contribution in [3.63, 3.8) is 0 Å². The van der Waals surface area contributed by atoms with Crippen LogP contribution in [0.25, 0.3) is 0 Å². The van der Waals surface area contributed by atoms with Gasteiger partial charge in [0.2, 0.25) is 0 Å². The number of nitrogens with zero attached hydrogens (tertiary/aromatic N) is 3. The average molecular weight is 337 g/mol. The van der Waals surface area contributed by atoms with Crippen LogP contribution in [-0.2, 0) is 18.4 Å². The van der Waals surface area contributed by atoms with Crippen LogP contribution in [0.15, 0.2) is 24.4 Å². The Morgan fingerprint density at radius 3 is 2.92 bits per heavy atom. The Morgan fingerprint density at radius 2 is 2.12 bits per heavy atom. The third-order valence-corrected chi connectivity index (χ3v) is 5.96. The molecule has 1 fully saturated rings.